The van der Waals surface area contributed by atoms with E-state index in [-0.39, 0.29) is 0 Å². The lowest BCUT2D eigenvalue weighted by Crippen LogP contribution is -2.33. The summed E-state index contributed by atoms with van der Waals surface area (Å²) >= 11 is 0. The molecule has 0 aliphatic rings. The highest BCUT2D eigenvalue weighted by Gasteiger charge is 2.20. The lowest BCUT2D eigenvalue weighted by molar-refractivity contribution is 0.174. The lowest BCUT2D eigenvalue weighted by Gasteiger charge is -2.33. The fourth-order valence-corrected chi connectivity index (χ4v) is 2.83. The first kappa shape index (κ1) is 15.2. The Hall–Kier alpha value is -0.820. The molecular formula is C17H29N. The molecule has 1 heteroatoms. The smallest absolute Gasteiger partial charge is 0.0322 e. The number of hydrogen-bond acceptors (Lipinski definition) is 1. The van der Waals surface area contributed by atoms with E-state index in [9.17, 15) is 0 Å². The van der Waals surface area contributed by atoms with Crippen molar-refractivity contribution >= 4 is 0 Å². The molecule has 0 radical (unpaired) electrons. The van der Waals surface area contributed by atoms with Gasteiger partial charge in [-0.1, -0.05) is 26.0 Å². The summed E-state index contributed by atoms with van der Waals surface area (Å²) < 4.78 is 0. The largest absolute Gasteiger partial charge is 0.297 e. The van der Waals surface area contributed by atoms with Crippen LogP contribution in [0.3, 0.4) is 0 Å². The van der Waals surface area contributed by atoms with Crippen LogP contribution in [0.15, 0.2) is 12.1 Å². The van der Waals surface area contributed by atoms with E-state index in [0.29, 0.717) is 12.1 Å². The van der Waals surface area contributed by atoms with E-state index < -0.39 is 0 Å². The van der Waals surface area contributed by atoms with Gasteiger partial charge in [0.2, 0.25) is 0 Å². The second-order valence-electron chi connectivity index (χ2n) is 5.53. The number of benzene rings is 1. The third-order valence-corrected chi connectivity index (χ3v) is 4.68. The molecule has 1 nitrogen and oxygen atoms in total. The van der Waals surface area contributed by atoms with Gasteiger partial charge >= 0.3 is 0 Å². The summed E-state index contributed by atoms with van der Waals surface area (Å²) in [4.78, 5) is 2.52. The van der Waals surface area contributed by atoms with E-state index in [2.05, 4.69) is 65.6 Å². The molecular weight excluding hydrogens is 218 g/mol. The summed E-state index contributed by atoms with van der Waals surface area (Å²) in [7, 11) is 2.26. The molecule has 1 rings (SSSR count). The maximum atomic E-state index is 2.52. The molecule has 1 unspecified atom stereocenters. The van der Waals surface area contributed by atoms with E-state index in [1.807, 2.05) is 0 Å². The highest BCUT2D eigenvalue weighted by atomic mass is 15.2. The van der Waals surface area contributed by atoms with Crippen molar-refractivity contribution in [3.63, 3.8) is 0 Å². The summed E-state index contributed by atoms with van der Waals surface area (Å²) in [5, 5.41) is 0. The molecule has 0 heterocycles. The van der Waals surface area contributed by atoms with Gasteiger partial charge in [-0.25, -0.2) is 0 Å². The van der Waals surface area contributed by atoms with Crippen LogP contribution in [-0.4, -0.2) is 18.0 Å². The highest BCUT2D eigenvalue weighted by molar-refractivity contribution is 5.40. The van der Waals surface area contributed by atoms with Gasteiger partial charge < -0.3 is 0 Å². The Morgan fingerprint density at radius 2 is 1.56 bits per heavy atom. The van der Waals surface area contributed by atoms with Gasteiger partial charge in [-0.05, 0) is 69.8 Å². The van der Waals surface area contributed by atoms with Crippen LogP contribution in [0.25, 0.3) is 0 Å². The SMILES string of the molecule is CCC(CC)N(C)C(C)c1ccc(C)c(C)c1C. The summed E-state index contributed by atoms with van der Waals surface area (Å²) in [5.41, 5.74) is 5.78. The average molecular weight is 247 g/mol. The molecule has 0 saturated heterocycles. The Balaban J connectivity index is 3.04. The van der Waals surface area contributed by atoms with Crippen LogP contribution in [0.4, 0.5) is 0 Å². The molecule has 18 heavy (non-hydrogen) atoms. The van der Waals surface area contributed by atoms with Crippen LogP contribution >= 0.6 is 0 Å². The van der Waals surface area contributed by atoms with Gasteiger partial charge in [0.05, 0.1) is 0 Å². The van der Waals surface area contributed by atoms with Gasteiger partial charge in [-0.3, -0.25) is 4.90 Å². The van der Waals surface area contributed by atoms with E-state index in [0.717, 1.165) is 0 Å². The van der Waals surface area contributed by atoms with Gasteiger partial charge in [0.15, 0.2) is 0 Å². The Kier molecular flexibility index (Phi) is 5.40. The van der Waals surface area contributed by atoms with Crippen LogP contribution in [0.2, 0.25) is 0 Å². The zero-order chi connectivity index (χ0) is 13.9. The van der Waals surface area contributed by atoms with Crippen molar-refractivity contribution < 1.29 is 0 Å². The summed E-state index contributed by atoms with van der Waals surface area (Å²) in [6, 6.07) is 5.74. The van der Waals surface area contributed by atoms with Gasteiger partial charge in [0.1, 0.15) is 0 Å². The zero-order valence-electron chi connectivity index (χ0n) is 13.2. The van der Waals surface area contributed by atoms with Crippen LogP contribution < -0.4 is 0 Å². The average Bonchev–Trinajstić information content (AvgIpc) is 2.36. The molecule has 0 amide bonds. The van der Waals surface area contributed by atoms with Gasteiger partial charge in [-0.2, -0.15) is 0 Å². The van der Waals surface area contributed by atoms with E-state index in [1.165, 1.54) is 35.1 Å². The first-order valence-electron chi connectivity index (χ1n) is 7.22. The molecule has 0 saturated carbocycles. The van der Waals surface area contributed by atoms with Crippen molar-refractivity contribution in [2.75, 3.05) is 7.05 Å². The van der Waals surface area contributed by atoms with Crippen molar-refractivity contribution in [2.24, 2.45) is 0 Å². The predicted octanol–water partition coefficient (Wildman–Crippen LogP) is 4.79. The maximum Gasteiger partial charge on any atom is 0.0322 e. The number of aryl methyl sites for hydroxylation is 1. The van der Waals surface area contributed by atoms with Crippen molar-refractivity contribution in [1.82, 2.24) is 4.90 Å². The Morgan fingerprint density at radius 1 is 1.00 bits per heavy atom. The maximum absolute atomic E-state index is 2.52. The predicted molar refractivity (Wildman–Crippen MR) is 81.2 cm³/mol. The van der Waals surface area contributed by atoms with Crippen LogP contribution in [0.1, 0.15) is 61.9 Å². The molecule has 0 N–H and O–H groups in total. The van der Waals surface area contributed by atoms with E-state index in [1.54, 1.807) is 0 Å². The van der Waals surface area contributed by atoms with Crippen LogP contribution in [0.5, 0.6) is 0 Å². The lowest BCUT2D eigenvalue weighted by atomic mass is 9.93. The van der Waals surface area contributed by atoms with Crippen molar-refractivity contribution in [3.8, 4) is 0 Å². The minimum absolute atomic E-state index is 0.495. The number of nitrogens with zero attached hydrogens (tertiary/aromatic N) is 1. The minimum Gasteiger partial charge on any atom is -0.297 e. The van der Waals surface area contributed by atoms with E-state index >= 15 is 0 Å². The van der Waals surface area contributed by atoms with Gasteiger partial charge in [0, 0.05) is 12.1 Å². The molecule has 0 spiro atoms. The number of rotatable bonds is 5. The summed E-state index contributed by atoms with van der Waals surface area (Å²) in [6.45, 7) is 13.6. The first-order valence-corrected chi connectivity index (χ1v) is 7.22. The molecule has 0 aliphatic carbocycles. The normalized spacial score (nSPS) is 13.4. The third kappa shape index (κ3) is 2.95. The van der Waals surface area contributed by atoms with Crippen LogP contribution in [0, 0.1) is 20.8 Å². The Labute approximate surface area is 113 Å². The van der Waals surface area contributed by atoms with Crippen LogP contribution in [-0.2, 0) is 0 Å². The topological polar surface area (TPSA) is 3.24 Å². The minimum atomic E-state index is 0.495. The molecule has 102 valence electrons. The first-order chi connectivity index (χ1) is 8.43. The van der Waals surface area contributed by atoms with Gasteiger partial charge in [-0.15, -0.1) is 0 Å². The second kappa shape index (κ2) is 6.38. The summed E-state index contributed by atoms with van der Waals surface area (Å²) in [6.07, 6.45) is 2.45. The monoisotopic (exact) mass is 247 g/mol. The quantitative estimate of drug-likeness (QED) is 0.723. The molecule has 1 aromatic carbocycles. The summed E-state index contributed by atoms with van der Waals surface area (Å²) in [5.74, 6) is 0. The molecule has 0 aliphatic heterocycles. The molecule has 1 aromatic rings. The van der Waals surface area contributed by atoms with Gasteiger partial charge in [0.25, 0.3) is 0 Å². The van der Waals surface area contributed by atoms with Crippen molar-refractivity contribution in [1.29, 1.82) is 0 Å². The standard InChI is InChI=1S/C17H29N/c1-8-16(9-2)18(7)15(6)17-11-10-12(3)13(4)14(17)5/h10-11,15-16H,8-9H2,1-7H3. The third-order valence-electron chi connectivity index (χ3n) is 4.68. The fraction of sp³-hybridized carbons (Fsp3) is 0.647. The highest BCUT2D eigenvalue weighted by Crippen LogP contribution is 2.28. The molecule has 0 bridgehead atoms. The number of hydrogen-bond donors (Lipinski definition) is 0. The molecule has 0 fully saturated rings. The van der Waals surface area contributed by atoms with E-state index in [4.69, 9.17) is 0 Å². The second-order valence-corrected chi connectivity index (χ2v) is 5.53. The molecule has 1 atom stereocenters. The Morgan fingerprint density at radius 3 is 2.06 bits per heavy atom. The van der Waals surface area contributed by atoms with Crippen molar-refractivity contribution in [2.45, 2.75) is 66.5 Å². The molecule has 0 aromatic heterocycles. The fourth-order valence-electron chi connectivity index (χ4n) is 2.83. The zero-order valence-corrected chi connectivity index (χ0v) is 13.2. The van der Waals surface area contributed by atoms with Crippen molar-refractivity contribution in [3.05, 3.63) is 34.4 Å². The Bertz CT molecular complexity index is 391.